The molecule has 5 rings (SSSR count). The van der Waals surface area contributed by atoms with Crippen molar-refractivity contribution in [2.24, 2.45) is 5.92 Å². The van der Waals surface area contributed by atoms with Gasteiger partial charge in [0.05, 0.1) is 30.9 Å². The van der Waals surface area contributed by atoms with E-state index in [9.17, 15) is 19.8 Å². The van der Waals surface area contributed by atoms with Crippen LogP contribution >= 0.6 is 11.8 Å². The lowest BCUT2D eigenvalue weighted by atomic mass is 9.91. The normalized spacial score (nSPS) is 20.0. The molecule has 1 aromatic heterocycles. The van der Waals surface area contributed by atoms with Gasteiger partial charge >= 0.3 is 5.97 Å². The molecule has 1 aliphatic heterocycles. The van der Waals surface area contributed by atoms with Crippen LogP contribution in [-0.4, -0.2) is 59.3 Å². The van der Waals surface area contributed by atoms with Gasteiger partial charge in [0.15, 0.2) is 6.29 Å². The van der Waals surface area contributed by atoms with Crippen molar-refractivity contribution in [1.82, 2.24) is 20.2 Å². The van der Waals surface area contributed by atoms with Crippen LogP contribution in [-0.2, 0) is 25.7 Å². The number of amides is 1. The topological polar surface area (TPSA) is 169 Å². The molecule has 0 bridgehead atoms. The van der Waals surface area contributed by atoms with Crippen LogP contribution in [0, 0.1) is 5.92 Å². The number of aromatic hydroxyl groups is 1. The quantitative estimate of drug-likeness (QED) is 0.180. The molecule has 1 amide bonds. The van der Waals surface area contributed by atoms with E-state index in [4.69, 9.17) is 14.6 Å². The molecule has 12 nitrogen and oxygen atoms in total. The lowest BCUT2D eigenvalue weighted by Gasteiger charge is -2.41. The number of ether oxygens (including phenoxy) is 2. The lowest BCUT2D eigenvalue weighted by Crippen LogP contribution is -2.38. The van der Waals surface area contributed by atoms with Crippen molar-refractivity contribution in [3.8, 4) is 11.4 Å². The number of carbonyl (C=O) groups is 2. The number of aliphatic hydroxyl groups excluding tert-OH is 1. The molecule has 0 radical (unpaired) electrons. The number of rotatable bonds is 11. The number of benzene rings is 3. The summed E-state index contributed by atoms with van der Waals surface area (Å²) in [6.07, 6.45) is -1.66. The maximum Gasteiger partial charge on any atom is 0.303 e. The molecule has 1 saturated heterocycles. The third-order valence-electron chi connectivity index (χ3n) is 7.07. The summed E-state index contributed by atoms with van der Waals surface area (Å²) in [6.45, 7) is 2.01. The zero-order valence-electron chi connectivity index (χ0n) is 23.2. The summed E-state index contributed by atoms with van der Waals surface area (Å²) in [5, 5.41) is 43.3. The van der Waals surface area contributed by atoms with Crippen LogP contribution in [0.2, 0.25) is 0 Å². The van der Waals surface area contributed by atoms with E-state index in [1.807, 2.05) is 24.3 Å². The average molecular weight is 606 g/mol. The fourth-order valence-corrected chi connectivity index (χ4v) is 5.71. The van der Waals surface area contributed by atoms with E-state index in [-0.39, 0.29) is 49.2 Å². The van der Waals surface area contributed by atoms with Crippen molar-refractivity contribution in [2.75, 3.05) is 11.1 Å². The van der Waals surface area contributed by atoms with Crippen LogP contribution in [0.1, 0.15) is 48.8 Å². The molecule has 1 aliphatic rings. The molecule has 224 valence electrons. The third kappa shape index (κ3) is 7.56. The number of nitrogens with zero attached hydrogens (tertiary/aromatic N) is 4. The van der Waals surface area contributed by atoms with E-state index in [0.717, 1.165) is 16.7 Å². The fraction of sp³-hybridized carbons (Fsp3) is 0.300. The number of carbonyl (C=O) groups excluding carboxylic acids is 1. The number of hydrogen-bond donors (Lipinski definition) is 4. The number of nitrogens with one attached hydrogen (secondary N) is 1. The Balaban J connectivity index is 1.34. The third-order valence-corrected chi connectivity index (χ3v) is 8.08. The van der Waals surface area contributed by atoms with Crippen LogP contribution < -0.4 is 5.32 Å². The number of hydrogen-bond acceptors (Lipinski definition) is 10. The molecule has 43 heavy (non-hydrogen) atoms. The largest absolute Gasteiger partial charge is 0.508 e. The van der Waals surface area contributed by atoms with Gasteiger partial charge in [0.25, 0.3) is 0 Å². The maximum absolute atomic E-state index is 12.1. The highest BCUT2D eigenvalue weighted by Gasteiger charge is 2.38. The van der Waals surface area contributed by atoms with Gasteiger partial charge in [-0.05, 0) is 58.0 Å². The molecule has 4 aromatic rings. The first-order chi connectivity index (χ1) is 20.8. The summed E-state index contributed by atoms with van der Waals surface area (Å²) < 4.78 is 14.6. The van der Waals surface area contributed by atoms with Crippen molar-refractivity contribution in [3.05, 3.63) is 89.5 Å². The minimum absolute atomic E-state index is 0.0543. The SMILES string of the molecule is C[C@@H]1[C@H](CSc2nnnn2-c2ccc(O)cc2)O[C@H](c2ccc(NC(=O)CCC(=O)O)cc2)O[C@@H]1c1ccc(CO)cc1. The first kappa shape index (κ1) is 30.2. The molecule has 0 aliphatic carbocycles. The molecule has 3 aromatic carbocycles. The minimum atomic E-state index is -1.03. The number of aliphatic carboxylic acids is 1. The smallest absolute Gasteiger partial charge is 0.303 e. The highest BCUT2D eigenvalue weighted by Crippen LogP contribution is 2.43. The number of carboxylic acids is 1. The van der Waals surface area contributed by atoms with E-state index in [1.165, 1.54) is 11.8 Å². The second-order valence-electron chi connectivity index (χ2n) is 10.1. The van der Waals surface area contributed by atoms with Crippen molar-refractivity contribution >= 4 is 29.3 Å². The van der Waals surface area contributed by atoms with Gasteiger partial charge in [0.2, 0.25) is 11.1 Å². The Labute approximate surface area is 251 Å². The number of anilines is 1. The lowest BCUT2D eigenvalue weighted by molar-refractivity contribution is -0.268. The monoisotopic (exact) mass is 605 g/mol. The van der Waals surface area contributed by atoms with Gasteiger partial charge in [-0.1, -0.05) is 55.1 Å². The maximum atomic E-state index is 12.1. The average Bonchev–Trinajstić information content (AvgIpc) is 3.49. The molecule has 13 heteroatoms. The Bertz CT molecular complexity index is 1530. The Kier molecular flexibility index (Phi) is 9.67. The van der Waals surface area contributed by atoms with E-state index in [1.54, 1.807) is 53.2 Å². The molecular weight excluding hydrogens is 574 g/mol. The van der Waals surface area contributed by atoms with Crippen LogP contribution in [0.25, 0.3) is 5.69 Å². The summed E-state index contributed by atoms with van der Waals surface area (Å²) in [4.78, 5) is 22.8. The standard InChI is InChI=1S/C30H31N5O7S/c1-18-25(17-43-30-32-33-34-35(30)23-10-12-24(37)13-11-23)41-29(42-28(18)20-4-2-19(16-36)3-5-20)21-6-8-22(9-7-21)31-26(38)14-15-27(39)40/h2-13,18,25,28-29,36-37H,14-17H2,1H3,(H,31,38)(H,39,40)/t18-,25+,28+,29+/m1/s1. The first-order valence-corrected chi connectivity index (χ1v) is 14.6. The van der Waals surface area contributed by atoms with Crippen molar-refractivity contribution in [3.63, 3.8) is 0 Å². The van der Waals surface area contributed by atoms with Gasteiger partial charge in [-0.3, -0.25) is 9.59 Å². The van der Waals surface area contributed by atoms with Crippen LogP contribution in [0.3, 0.4) is 0 Å². The van der Waals surface area contributed by atoms with Gasteiger partial charge in [-0.2, -0.15) is 4.68 Å². The van der Waals surface area contributed by atoms with Gasteiger partial charge in [0.1, 0.15) is 5.75 Å². The summed E-state index contributed by atoms with van der Waals surface area (Å²) in [6, 6.07) is 21.3. The molecule has 0 spiro atoms. The molecular formula is C30H31N5O7S. The summed E-state index contributed by atoms with van der Waals surface area (Å²) in [7, 11) is 0. The fourth-order valence-electron chi connectivity index (χ4n) is 4.66. The number of aliphatic hydroxyl groups is 1. The number of carboxylic acid groups (broad SMARTS) is 1. The Morgan fingerprint density at radius 1 is 0.953 bits per heavy atom. The number of phenols is 1. The van der Waals surface area contributed by atoms with Gasteiger partial charge < -0.3 is 30.1 Å². The van der Waals surface area contributed by atoms with Crippen molar-refractivity contribution in [2.45, 2.75) is 50.0 Å². The Morgan fingerprint density at radius 2 is 1.65 bits per heavy atom. The van der Waals surface area contributed by atoms with E-state index >= 15 is 0 Å². The molecule has 2 heterocycles. The number of aromatic nitrogens is 4. The summed E-state index contributed by atoms with van der Waals surface area (Å²) in [5.41, 5.74) is 3.74. The zero-order valence-corrected chi connectivity index (χ0v) is 24.1. The second kappa shape index (κ2) is 13.8. The summed E-state index contributed by atoms with van der Waals surface area (Å²) >= 11 is 1.44. The molecule has 0 unspecified atom stereocenters. The highest BCUT2D eigenvalue weighted by atomic mass is 32.2. The van der Waals surface area contributed by atoms with Crippen LogP contribution in [0.4, 0.5) is 5.69 Å². The number of tetrazole rings is 1. The van der Waals surface area contributed by atoms with E-state index < -0.39 is 12.3 Å². The second-order valence-corrected chi connectivity index (χ2v) is 11.1. The molecule has 1 fully saturated rings. The van der Waals surface area contributed by atoms with Crippen LogP contribution in [0.5, 0.6) is 5.75 Å². The molecule has 0 saturated carbocycles. The number of thioether (sulfide) groups is 1. The Hall–Kier alpha value is -4.30. The Morgan fingerprint density at radius 3 is 2.33 bits per heavy atom. The number of phenolic OH excluding ortho intramolecular Hbond substituents is 1. The molecule has 4 atom stereocenters. The van der Waals surface area contributed by atoms with Gasteiger partial charge in [0, 0.05) is 29.3 Å². The van der Waals surface area contributed by atoms with E-state index in [2.05, 4.69) is 27.8 Å². The summed E-state index contributed by atoms with van der Waals surface area (Å²) in [5.74, 6) is -0.811. The molecule has 4 N–H and O–H groups in total. The van der Waals surface area contributed by atoms with Crippen LogP contribution in [0.15, 0.2) is 78.0 Å². The minimum Gasteiger partial charge on any atom is -0.508 e. The predicted molar refractivity (Wildman–Crippen MR) is 156 cm³/mol. The van der Waals surface area contributed by atoms with Gasteiger partial charge in [-0.15, -0.1) is 5.10 Å². The van der Waals surface area contributed by atoms with Crippen molar-refractivity contribution in [1.29, 1.82) is 0 Å². The van der Waals surface area contributed by atoms with E-state index in [0.29, 0.717) is 22.3 Å². The van der Waals surface area contributed by atoms with Gasteiger partial charge in [-0.25, -0.2) is 0 Å². The first-order valence-electron chi connectivity index (χ1n) is 13.6. The van der Waals surface area contributed by atoms with Crippen molar-refractivity contribution < 1.29 is 34.4 Å². The predicted octanol–water partition coefficient (Wildman–Crippen LogP) is 4.25. The highest BCUT2D eigenvalue weighted by molar-refractivity contribution is 7.99. The zero-order chi connectivity index (χ0) is 30.3.